The SMILES string of the molecule is OC1(c2ccccc2)C(c2ccccc2)=c2c(c3ccccc3c3ccccc23)=C1c1ccccc1. The second-order valence-electron chi connectivity index (χ2n) is 9.40. The van der Waals surface area contributed by atoms with Crippen LogP contribution in [0.3, 0.4) is 0 Å². The smallest absolute Gasteiger partial charge is 0.142 e. The zero-order chi connectivity index (χ0) is 24.1. The highest BCUT2D eigenvalue weighted by Gasteiger charge is 2.44. The van der Waals surface area contributed by atoms with E-state index < -0.39 is 5.60 Å². The van der Waals surface area contributed by atoms with Gasteiger partial charge in [0.25, 0.3) is 0 Å². The third kappa shape index (κ3) is 2.87. The first-order valence-electron chi connectivity index (χ1n) is 12.4. The predicted molar refractivity (Wildman–Crippen MR) is 149 cm³/mol. The first-order chi connectivity index (χ1) is 17.8. The van der Waals surface area contributed by atoms with E-state index in [4.69, 9.17) is 0 Å². The third-order valence-corrected chi connectivity index (χ3v) is 7.47. The van der Waals surface area contributed by atoms with Gasteiger partial charge < -0.3 is 5.11 Å². The Hall–Kier alpha value is -4.46. The van der Waals surface area contributed by atoms with Gasteiger partial charge in [-0.05, 0) is 48.7 Å². The molecule has 0 atom stereocenters. The van der Waals surface area contributed by atoms with E-state index in [0.29, 0.717) is 0 Å². The summed E-state index contributed by atoms with van der Waals surface area (Å²) in [5.74, 6) is 0. The fourth-order valence-corrected chi connectivity index (χ4v) is 6.03. The van der Waals surface area contributed by atoms with E-state index in [2.05, 4.69) is 97.1 Å². The molecule has 6 aromatic carbocycles. The topological polar surface area (TPSA) is 20.2 Å². The number of hydrogen-bond acceptors (Lipinski definition) is 1. The first-order valence-corrected chi connectivity index (χ1v) is 12.4. The van der Waals surface area contributed by atoms with Crippen molar-refractivity contribution >= 4 is 32.7 Å². The monoisotopic (exact) mass is 460 g/mol. The van der Waals surface area contributed by atoms with Gasteiger partial charge in [-0.1, -0.05) is 140 Å². The van der Waals surface area contributed by atoms with Gasteiger partial charge in [-0.3, -0.25) is 0 Å². The van der Waals surface area contributed by atoms with Crippen LogP contribution in [0.5, 0.6) is 0 Å². The Morgan fingerprint density at radius 1 is 0.361 bits per heavy atom. The van der Waals surface area contributed by atoms with E-state index in [0.717, 1.165) is 49.0 Å². The van der Waals surface area contributed by atoms with Gasteiger partial charge in [0, 0.05) is 11.1 Å². The molecular weight excluding hydrogens is 436 g/mol. The molecule has 0 heterocycles. The van der Waals surface area contributed by atoms with Crippen LogP contribution in [0.15, 0.2) is 140 Å². The third-order valence-electron chi connectivity index (χ3n) is 7.47. The summed E-state index contributed by atoms with van der Waals surface area (Å²) in [6.07, 6.45) is 0. The Balaban J connectivity index is 1.86. The van der Waals surface area contributed by atoms with Crippen LogP contribution in [0.4, 0.5) is 0 Å². The first kappa shape index (κ1) is 20.9. The van der Waals surface area contributed by atoms with E-state index in [-0.39, 0.29) is 0 Å². The van der Waals surface area contributed by atoms with Gasteiger partial charge in [-0.25, -0.2) is 0 Å². The fraction of sp³-hybridized carbons (Fsp3) is 0.0286. The molecule has 1 N–H and O–H groups in total. The van der Waals surface area contributed by atoms with E-state index >= 15 is 0 Å². The maximum absolute atomic E-state index is 13.2. The summed E-state index contributed by atoms with van der Waals surface area (Å²) < 4.78 is 0. The van der Waals surface area contributed by atoms with Crippen LogP contribution in [0.2, 0.25) is 0 Å². The summed E-state index contributed by atoms with van der Waals surface area (Å²) in [4.78, 5) is 0. The van der Waals surface area contributed by atoms with E-state index in [9.17, 15) is 5.11 Å². The van der Waals surface area contributed by atoms with Crippen molar-refractivity contribution in [2.24, 2.45) is 0 Å². The molecule has 0 saturated carbocycles. The molecule has 170 valence electrons. The molecule has 0 radical (unpaired) electrons. The van der Waals surface area contributed by atoms with Crippen LogP contribution in [0, 0.1) is 0 Å². The van der Waals surface area contributed by atoms with E-state index in [1.807, 2.05) is 42.5 Å². The molecule has 36 heavy (non-hydrogen) atoms. The molecule has 0 aromatic heterocycles. The van der Waals surface area contributed by atoms with Crippen molar-refractivity contribution in [3.05, 3.63) is 167 Å². The molecule has 6 aromatic rings. The second-order valence-corrected chi connectivity index (χ2v) is 9.40. The second kappa shape index (κ2) is 8.05. The van der Waals surface area contributed by atoms with Gasteiger partial charge in [0.15, 0.2) is 0 Å². The fourth-order valence-electron chi connectivity index (χ4n) is 6.03. The summed E-state index contributed by atoms with van der Waals surface area (Å²) in [6.45, 7) is 0. The lowest BCUT2D eigenvalue weighted by Crippen LogP contribution is -2.29. The highest BCUT2D eigenvalue weighted by molar-refractivity contribution is 6.12. The van der Waals surface area contributed by atoms with Crippen molar-refractivity contribution in [1.29, 1.82) is 0 Å². The lowest BCUT2D eigenvalue weighted by atomic mass is 9.77. The van der Waals surface area contributed by atoms with Crippen molar-refractivity contribution in [1.82, 2.24) is 0 Å². The van der Waals surface area contributed by atoms with Crippen LogP contribution >= 0.6 is 0 Å². The molecule has 0 spiro atoms. The Labute approximate surface area is 209 Å². The summed E-state index contributed by atoms with van der Waals surface area (Å²) >= 11 is 0. The highest BCUT2D eigenvalue weighted by atomic mass is 16.3. The largest absolute Gasteiger partial charge is 0.376 e. The van der Waals surface area contributed by atoms with Crippen LogP contribution in [-0.2, 0) is 5.60 Å². The minimum absolute atomic E-state index is 0.868. The van der Waals surface area contributed by atoms with Gasteiger partial charge in [-0.2, -0.15) is 0 Å². The average Bonchev–Trinajstić information content (AvgIpc) is 3.25. The zero-order valence-corrected chi connectivity index (χ0v) is 19.7. The van der Waals surface area contributed by atoms with Gasteiger partial charge in [0.1, 0.15) is 5.60 Å². The van der Waals surface area contributed by atoms with Gasteiger partial charge in [0.05, 0.1) is 0 Å². The van der Waals surface area contributed by atoms with Gasteiger partial charge in [0.2, 0.25) is 0 Å². The summed E-state index contributed by atoms with van der Waals surface area (Å²) in [5, 5.41) is 20.1. The zero-order valence-electron chi connectivity index (χ0n) is 19.7. The van der Waals surface area contributed by atoms with Crippen LogP contribution in [-0.4, -0.2) is 5.11 Å². The lowest BCUT2D eigenvalue weighted by molar-refractivity contribution is 0.166. The Morgan fingerprint density at radius 3 is 1.11 bits per heavy atom. The van der Waals surface area contributed by atoms with Crippen molar-refractivity contribution < 1.29 is 5.11 Å². The maximum atomic E-state index is 13.2. The summed E-state index contributed by atoms with van der Waals surface area (Å²) in [6, 6.07) is 48.0. The van der Waals surface area contributed by atoms with Gasteiger partial charge in [-0.15, -0.1) is 0 Å². The molecule has 0 bridgehead atoms. The van der Waals surface area contributed by atoms with Crippen molar-refractivity contribution in [2.45, 2.75) is 5.60 Å². The van der Waals surface area contributed by atoms with E-state index in [1.165, 1.54) is 10.8 Å². The molecule has 0 fully saturated rings. The molecule has 1 heteroatoms. The summed E-state index contributed by atoms with van der Waals surface area (Å²) in [7, 11) is 0. The Bertz CT molecular complexity index is 1750. The molecule has 0 saturated heterocycles. The molecule has 0 unspecified atom stereocenters. The normalized spacial score (nSPS) is 14.4. The van der Waals surface area contributed by atoms with Crippen LogP contribution in [0.1, 0.15) is 16.7 Å². The minimum atomic E-state index is -1.33. The Kier molecular flexibility index (Phi) is 4.67. The maximum Gasteiger partial charge on any atom is 0.142 e. The van der Waals surface area contributed by atoms with Crippen molar-refractivity contribution in [3.63, 3.8) is 0 Å². The summed E-state index contributed by atoms with van der Waals surface area (Å²) in [5.41, 5.74) is 3.45. The number of rotatable bonds is 3. The average molecular weight is 461 g/mol. The number of benzene rings is 6. The molecule has 0 aliphatic heterocycles. The lowest BCUT2D eigenvalue weighted by Gasteiger charge is -2.32. The Morgan fingerprint density at radius 2 is 0.694 bits per heavy atom. The molecule has 7 rings (SSSR count). The molecular formula is C35H24O. The molecule has 1 aliphatic carbocycles. The number of aliphatic hydroxyl groups is 1. The van der Waals surface area contributed by atoms with Crippen LogP contribution < -0.4 is 10.4 Å². The van der Waals surface area contributed by atoms with Crippen LogP contribution in [0.25, 0.3) is 32.7 Å². The van der Waals surface area contributed by atoms with E-state index in [1.54, 1.807) is 0 Å². The number of fused-ring (bicyclic) bond motifs is 6. The molecule has 1 aliphatic rings. The minimum Gasteiger partial charge on any atom is -0.376 e. The van der Waals surface area contributed by atoms with Crippen molar-refractivity contribution in [2.75, 3.05) is 0 Å². The quantitative estimate of drug-likeness (QED) is 0.308. The number of hydrogen-bond donors (Lipinski definition) is 1. The van der Waals surface area contributed by atoms with Gasteiger partial charge >= 0.3 is 0 Å². The predicted octanol–water partition coefficient (Wildman–Crippen LogP) is 6.29. The molecule has 0 amide bonds. The van der Waals surface area contributed by atoms with Crippen molar-refractivity contribution in [3.8, 4) is 0 Å². The highest BCUT2D eigenvalue weighted by Crippen LogP contribution is 2.46. The molecule has 1 nitrogen and oxygen atoms in total. The standard InChI is InChI=1S/C35H24O/c36-35(26-18-8-3-9-19-26)33(24-14-4-1-5-15-24)31-29-22-12-10-20-27(29)28-21-11-13-23-30(28)32(31)34(35)25-16-6-2-7-17-25/h1-23,36H.